The Bertz CT molecular complexity index is 1360. The number of hydrogen-bond donors (Lipinski definition) is 4. The standard InChI is InChI=1S/C38H60FN5O8/c1-9-24(4)32(43(6)35(47)31(23(2)3)42-37(50)38(39)17-18-40-22-38)29(51-7)21-30(45)44-19-13-16-28(44)33(52-8)25(5)34(46)41-27(36(48)49)20-26-14-11-10-12-15-26/h10-12,14-15,23-25,27-29,31-33,40H,9,13,16-22H2,1-8H3,(H,41,46)(H,42,50)(H,48,49)/t24?,25?,27?,28-,29?,31?,32?,33?,38+/m0/s1. The second-order valence-corrected chi connectivity index (χ2v) is 14.8. The number of carboxylic acids is 1. The molecule has 0 bridgehead atoms. The summed E-state index contributed by atoms with van der Waals surface area (Å²) >= 11 is 0. The lowest BCUT2D eigenvalue weighted by molar-refractivity contribution is -0.148. The van der Waals surface area contributed by atoms with E-state index in [1.54, 1.807) is 57.0 Å². The fraction of sp³-hybridized carbons (Fsp3) is 0.711. The first kappa shape index (κ1) is 42.8. The number of likely N-dealkylation sites (N-methyl/N-ethyl adjacent to an activating group) is 1. The molecule has 2 fully saturated rings. The van der Waals surface area contributed by atoms with Crippen molar-refractivity contribution in [1.82, 2.24) is 25.8 Å². The zero-order valence-corrected chi connectivity index (χ0v) is 32.0. The molecule has 2 aliphatic heterocycles. The normalized spacial score (nSPS) is 22.9. The number of hydrogen-bond acceptors (Lipinski definition) is 8. The SMILES string of the molecule is CCC(C)C(C(CC(=O)N1CCC[C@H]1C(OC)C(C)C(=O)NC(Cc1ccccc1)C(=O)O)OC)N(C)C(=O)C(NC(=O)[C@@]1(F)CCNC1)C(C)C. The van der Waals surface area contributed by atoms with Gasteiger partial charge in [0.15, 0.2) is 0 Å². The Morgan fingerprint density at radius 3 is 2.29 bits per heavy atom. The minimum atomic E-state index is -2.09. The smallest absolute Gasteiger partial charge is 0.326 e. The van der Waals surface area contributed by atoms with Gasteiger partial charge in [0, 0.05) is 47.2 Å². The number of rotatable bonds is 19. The predicted molar refractivity (Wildman–Crippen MR) is 194 cm³/mol. The topological polar surface area (TPSA) is 167 Å². The number of alkyl halides is 1. The van der Waals surface area contributed by atoms with Gasteiger partial charge in [0.05, 0.1) is 36.6 Å². The fourth-order valence-corrected chi connectivity index (χ4v) is 7.52. The van der Waals surface area contributed by atoms with Gasteiger partial charge in [0.2, 0.25) is 23.4 Å². The molecule has 2 heterocycles. The van der Waals surface area contributed by atoms with Gasteiger partial charge in [-0.25, -0.2) is 9.18 Å². The molecule has 0 aromatic heterocycles. The molecule has 2 aliphatic rings. The third-order valence-corrected chi connectivity index (χ3v) is 10.9. The summed E-state index contributed by atoms with van der Waals surface area (Å²) in [6.07, 6.45) is 0.585. The van der Waals surface area contributed by atoms with Crippen LogP contribution in [0.3, 0.4) is 0 Å². The van der Waals surface area contributed by atoms with E-state index in [-0.39, 0.29) is 43.6 Å². The van der Waals surface area contributed by atoms with Crippen LogP contribution in [0.2, 0.25) is 0 Å². The maximum absolute atomic E-state index is 15.3. The van der Waals surface area contributed by atoms with Gasteiger partial charge in [0.25, 0.3) is 5.91 Å². The number of halogens is 1. The molecule has 7 unspecified atom stereocenters. The first-order valence-electron chi connectivity index (χ1n) is 18.5. The highest BCUT2D eigenvalue weighted by Gasteiger charge is 2.46. The van der Waals surface area contributed by atoms with Crippen molar-refractivity contribution in [3.05, 3.63) is 35.9 Å². The molecule has 292 valence electrons. The Morgan fingerprint density at radius 1 is 1.08 bits per heavy atom. The van der Waals surface area contributed by atoms with Gasteiger partial charge in [0.1, 0.15) is 12.1 Å². The van der Waals surface area contributed by atoms with Crippen LogP contribution in [-0.2, 0) is 39.9 Å². The largest absolute Gasteiger partial charge is 0.480 e. The van der Waals surface area contributed by atoms with E-state index < -0.39 is 71.7 Å². The molecular weight excluding hydrogens is 673 g/mol. The summed E-state index contributed by atoms with van der Waals surface area (Å²) in [7, 11) is 4.60. The van der Waals surface area contributed by atoms with Gasteiger partial charge in [-0.3, -0.25) is 19.2 Å². The quantitative estimate of drug-likeness (QED) is 0.167. The van der Waals surface area contributed by atoms with Gasteiger partial charge >= 0.3 is 5.97 Å². The number of carbonyl (C=O) groups is 5. The molecule has 14 heteroatoms. The summed E-state index contributed by atoms with van der Waals surface area (Å²) in [5, 5.41) is 18.0. The van der Waals surface area contributed by atoms with Crippen molar-refractivity contribution in [3.63, 3.8) is 0 Å². The molecular formula is C38H60FN5O8. The van der Waals surface area contributed by atoms with Crippen molar-refractivity contribution >= 4 is 29.6 Å². The number of nitrogens with one attached hydrogen (secondary N) is 3. The van der Waals surface area contributed by atoms with E-state index in [2.05, 4.69) is 16.0 Å². The summed E-state index contributed by atoms with van der Waals surface area (Å²) in [4.78, 5) is 69.8. The highest BCUT2D eigenvalue weighted by atomic mass is 19.1. The first-order valence-corrected chi connectivity index (χ1v) is 18.5. The average molecular weight is 734 g/mol. The fourth-order valence-electron chi connectivity index (χ4n) is 7.52. The molecule has 0 aliphatic carbocycles. The Morgan fingerprint density at radius 2 is 1.75 bits per heavy atom. The van der Waals surface area contributed by atoms with Crippen molar-refractivity contribution < 1.29 is 42.9 Å². The lowest BCUT2D eigenvalue weighted by atomic mass is 9.89. The van der Waals surface area contributed by atoms with Crippen LogP contribution in [0.15, 0.2) is 30.3 Å². The van der Waals surface area contributed by atoms with Crippen molar-refractivity contribution in [1.29, 1.82) is 0 Å². The molecule has 9 atom stereocenters. The Labute approximate surface area is 307 Å². The lowest BCUT2D eigenvalue weighted by Crippen LogP contribution is -2.59. The number of ether oxygens (including phenoxy) is 2. The van der Waals surface area contributed by atoms with Crippen LogP contribution in [0, 0.1) is 17.8 Å². The monoisotopic (exact) mass is 733 g/mol. The number of benzene rings is 1. The molecule has 4 N–H and O–H groups in total. The number of likely N-dealkylation sites (tertiary alicyclic amines) is 1. The van der Waals surface area contributed by atoms with Gasteiger partial charge < -0.3 is 40.3 Å². The molecule has 1 aromatic carbocycles. The highest BCUT2D eigenvalue weighted by molar-refractivity contribution is 5.92. The zero-order chi connectivity index (χ0) is 38.7. The van der Waals surface area contributed by atoms with Crippen molar-refractivity contribution in [2.24, 2.45) is 17.8 Å². The van der Waals surface area contributed by atoms with E-state index in [9.17, 15) is 29.1 Å². The van der Waals surface area contributed by atoms with Gasteiger partial charge in [-0.05, 0) is 36.8 Å². The van der Waals surface area contributed by atoms with Gasteiger partial charge in [-0.2, -0.15) is 0 Å². The molecule has 1 aromatic rings. The van der Waals surface area contributed by atoms with E-state index in [0.717, 1.165) is 5.56 Å². The van der Waals surface area contributed by atoms with Crippen LogP contribution >= 0.6 is 0 Å². The number of aliphatic carboxylic acids is 1. The van der Waals surface area contributed by atoms with E-state index in [1.165, 1.54) is 19.1 Å². The summed E-state index contributed by atoms with van der Waals surface area (Å²) in [6, 6.07) is 5.90. The van der Waals surface area contributed by atoms with Crippen LogP contribution in [0.4, 0.5) is 4.39 Å². The molecule has 0 radical (unpaired) electrons. The van der Waals surface area contributed by atoms with Crippen molar-refractivity contribution in [2.45, 2.75) is 115 Å². The van der Waals surface area contributed by atoms with E-state index in [4.69, 9.17) is 9.47 Å². The van der Waals surface area contributed by atoms with E-state index >= 15 is 4.39 Å². The summed E-state index contributed by atoms with van der Waals surface area (Å²) in [5.41, 5.74) is -1.32. The highest BCUT2D eigenvalue weighted by Crippen LogP contribution is 2.30. The maximum atomic E-state index is 15.3. The Hall–Kier alpha value is -3.62. The van der Waals surface area contributed by atoms with Gasteiger partial charge in [-0.15, -0.1) is 0 Å². The predicted octanol–water partition coefficient (Wildman–Crippen LogP) is 2.56. The maximum Gasteiger partial charge on any atom is 0.326 e. The molecule has 0 saturated carbocycles. The number of carboxylic acid groups (broad SMARTS) is 1. The first-order chi connectivity index (χ1) is 24.6. The van der Waals surface area contributed by atoms with Crippen molar-refractivity contribution in [3.8, 4) is 0 Å². The van der Waals surface area contributed by atoms with Crippen LogP contribution < -0.4 is 16.0 Å². The van der Waals surface area contributed by atoms with E-state index in [0.29, 0.717) is 32.4 Å². The van der Waals surface area contributed by atoms with Crippen LogP contribution in [0.5, 0.6) is 0 Å². The molecule has 3 rings (SSSR count). The van der Waals surface area contributed by atoms with Crippen LogP contribution in [-0.4, -0.2) is 127 Å². The number of nitrogens with zero attached hydrogens (tertiary/aromatic N) is 2. The molecule has 2 saturated heterocycles. The average Bonchev–Trinajstić information content (AvgIpc) is 3.80. The number of methoxy groups -OCH3 is 2. The van der Waals surface area contributed by atoms with Crippen LogP contribution in [0.1, 0.15) is 72.3 Å². The number of amides is 4. The minimum Gasteiger partial charge on any atom is -0.480 e. The third kappa shape index (κ3) is 10.5. The molecule has 52 heavy (non-hydrogen) atoms. The number of carbonyl (C=O) groups excluding carboxylic acids is 4. The molecule has 4 amide bonds. The second kappa shape index (κ2) is 19.5. The third-order valence-electron chi connectivity index (χ3n) is 10.9. The minimum absolute atomic E-state index is 0.0268. The van der Waals surface area contributed by atoms with Crippen molar-refractivity contribution in [2.75, 3.05) is 40.9 Å². The molecule has 13 nitrogen and oxygen atoms in total. The molecule has 0 spiro atoms. The summed E-state index contributed by atoms with van der Waals surface area (Å²) in [5.74, 6) is -4.31. The van der Waals surface area contributed by atoms with Gasteiger partial charge in [-0.1, -0.05) is 71.4 Å². The second-order valence-electron chi connectivity index (χ2n) is 14.8. The Kier molecular flexibility index (Phi) is 16.0. The Balaban J connectivity index is 1.76. The zero-order valence-electron chi connectivity index (χ0n) is 32.0. The summed E-state index contributed by atoms with van der Waals surface area (Å²) in [6.45, 7) is 9.89. The van der Waals surface area contributed by atoms with Crippen LogP contribution in [0.25, 0.3) is 0 Å². The summed E-state index contributed by atoms with van der Waals surface area (Å²) < 4.78 is 27.0. The van der Waals surface area contributed by atoms with E-state index in [1.807, 2.05) is 19.9 Å². The lowest BCUT2D eigenvalue weighted by Gasteiger charge is -2.41.